The van der Waals surface area contributed by atoms with Crippen LogP contribution in [0.1, 0.15) is 56.3 Å². The quantitative estimate of drug-likeness (QED) is 0.841. The monoisotopic (exact) mass is 378 g/mol. The molecule has 1 spiro atoms. The number of hydrogen-bond acceptors (Lipinski definition) is 3. The van der Waals surface area contributed by atoms with Gasteiger partial charge in [0.2, 0.25) is 5.91 Å². The molecule has 2 aliphatic rings. The highest BCUT2D eigenvalue weighted by Gasteiger charge is 2.41. The van der Waals surface area contributed by atoms with Crippen LogP contribution in [0.4, 0.5) is 0 Å². The predicted molar refractivity (Wildman–Crippen MR) is 102 cm³/mol. The van der Waals surface area contributed by atoms with Crippen molar-refractivity contribution in [3.05, 3.63) is 28.8 Å². The van der Waals surface area contributed by atoms with Crippen molar-refractivity contribution in [1.29, 1.82) is 0 Å². The molecule has 6 heteroatoms. The van der Waals surface area contributed by atoms with E-state index in [1.54, 1.807) is 18.2 Å². The Morgan fingerprint density at radius 3 is 2.85 bits per heavy atom. The maximum absolute atomic E-state index is 12.4. The fourth-order valence-corrected chi connectivity index (χ4v) is 3.80. The highest BCUT2D eigenvalue weighted by Crippen LogP contribution is 2.38. The van der Waals surface area contributed by atoms with Crippen molar-refractivity contribution in [1.82, 2.24) is 10.6 Å². The van der Waals surface area contributed by atoms with Crippen molar-refractivity contribution in [3.63, 3.8) is 0 Å². The van der Waals surface area contributed by atoms with Crippen LogP contribution in [-0.4, -0.2) is 30.5 Å². The number of carbonyl (C=O) groups is 2. The molecule has 1 aliphatic heterocycles. The minimum absolute atomic E-state index is 0.0249. The number of hydrogen-bond donors (Lipinski definition) is 2. The van der Waals surface area contributed by atoms with Gasteiger partial charge in [-0.25, -0.2) is 0 Å². The molecule has 0 saturated heterocycles. The van der Waals surface area contributed by atoms with Crippen LogP contribution in [0.15, 0.2) is 18.2 Å². The lowest BCUT2D eigenvalue weighted by Crippen LogP contribution is -2.49. The third-order valence-corrected chi connectivity index (χ3v) is 5.91. The summed E-state index contributed by atoms with van der Waals surface area (Å²) in [5, 5.41) is 6.54. The SMILES string of the molecule is CCC(C)CNC(=O)C1CCC2(CC1)CNC(=O)c1cc(Cl)ccc1O2. The maximum Gasteiger partial charge on any atom is 0.255 e. The molecule has 3 rings (SSSR count). The first-order valence-corrected chi connectivity index (χ1v) is 9.85. The van der Waals surface area contributed by atoms with Crippen molar-refractivity contribution >= 4 is 23.4 Å². The largest absolute Gasteiger partial charge is 0.485 e. The summed E-state index contributed by atoms with van der Waals surface area (Å²) in [5.74, 6) is 1.08. The Balaban J connectivity index is 1.64. The van der Waals surface area contributed by atoms with Crippen LogP contribution in [0.3, 0.4) is 0 Å². The Hall–Kier alpha value is -1.75. The molecule has 0 radical (unpaired) electrons. The van der Waals surface area contributed by atoms with Crippen LogP contribution in [0.5, 0.6) is 5.75 Å². The summed E-state index contributed by atoms with van der Waals surface area (Å²) in [4.78, 5) is 24.7. The Bertz CT molecular complexity index is 684. The smallest absolute Gasteiger partial charge is 0.255 e. The first-order chi connectivity index (χ1) is 12.4. The number of ether oxygens (including phenoxy) is 1. The summed E-state index contributed by atoms with van der Waals surface area (Å²) in [6, 6.07) is 5.13. The minimum atomic E-state index is -0.442. The lowest BCUT2D eigenvalue weighted by Gasteiger charge is -2.39. The standard InChI is InChI=1S/C20H27ClN2O3/c1-3-13(2)11-22-18(24)14-6-8-20(9-7-14)12-23-19(25)16-10-15(21)4-5-17(16)26-20/h4-5,10,13-14H,3,6-9,11-12H2,1-2H3,(H,22,24)(H,23,25). The third kappa shape index (κ3) is 4.14. The summed E-state index contributed by atoms with van der Waals surface area (Å²) < 4.78 is 6.28. The number of rotatable bonds is 4. The topological polar surface area (TPSA) is 67.4 Å². The predicted octanol–water partition coefficient (Wildman–Crippen LogP) is 3.55. The zero-order valence-electron chi connectivity index (χ0n) is 15.4. The molecule has 1 atom stereocenters. The van der Waals surface area contributed by atoms with Crippen LogP contribution < -0.4 is 15.4 Å². The van der Waals surface area contributed by atoms with Gasteiger partial charge in [0.1, 0.15) is 11.4 Å². The van der Waals surface area contributed by atoms with Crippen LogP contribution in [0, 0.1) is 11.8 Å². The fourth-order valence-electron chi connectivity index (χ4n) is 3.62. The number of fused-ring (bicyclic) bond motifs is 1. The normalized spacial score (nSPS) is 26.3. The maximum atomic E-state index is 12.4. The van der Waals surface area contributed by atoms with E-state index in [0.717, 1.165) is 38.6 Å². The van der Waals surface area contributed by atoms with E-state index >= 15 is 0 Å². The summed E-state index contributed by atoms with van der Waals surface area (Å²) in [6.07, 6.45) is 4.09. The van der Waals surface area contributed by atoms with E-state index in [1.165, 1.54) is 0 Å². The summed E-state index contributed by atoms with van der Waals surface area (Å²) in [5.41, 5.74) is 0.0326. The lowest BCUT2D eigenvalue weighted by atomic mass is 9.78. The van der Waals surface area contributed by atoms with Crippen molar-refractivity contribution in [2.24, 2.45) is 11.8 Å². The van der Waals surface area contributed by atoms with Crippen molar-refractivity contribution in [2.75, 3.05) is 13.1 Å². The van der Waals surface area contributed by atoms with Gasteiger partial charge in [-0.3, -0.25) is 9.59 Å². The average molecular weight is 379 g/mol. The summed E-state index contributed by atoms with van der Waals surface area (Å²) in [6.45, 7) is 5.46. The van der Waals surface area contributed by atoms with E-state index in [-0.39, 0.29) is 17.7 Å². The molecule has 1 unspecified atom stereocenters. The number of benzene rings is 1. The first-order valence-electron chi connectivity index (χ1n) is 9.47. The molecular formula is C20H27ClN2O3. The molecule has 2 amide bonds. The van der Waals surface area contributed by atoms with Gasteiger partial charge >= 0.3 is 0 Å². The van der Waals surface area contributed by atoms with Crippen molar-refractivity contribution < 1.29 is 14.3 Å². The van der Waals surface area contributed by atoms with Crippen molar-refractivity contribution in [2.45, 2.75) is 51.6 Å². The van der Waals surface area contributed by atoms with Gasteiger partial charge in [0.05, 0.1) is 12.1 Å². The van der Waals surface area contributed by atoms with Crippen LogP contribution in [0.25, 0.3) is 0 Å². The number of halogens is 1. The molecule has 1 aliphatic carbocycles. The number of amides is 2. The Kier molecular flexibility index (Phi) is 5.76. The highest BCUT2D eigenvalue weighted by atomic mass is 35.5. The molecule has 1 aromatic carbocycles. The van der Waals surface area contributed by atoms with Crippen LogP contribution in [-0.2, 0) is 4.79 Å². The van der Waals surface area contributed by atoms with Gasteiger partial charge in [-0.1, -0.05) is 31.9 Å². The van der Waals surface area contributed by atoms with Crippen LogP contribution >= 0.6 is 11.6 Å². The highest BCUT2D eigenvalue weighted by molar-refractivity contribution is 6.31. The van der Waals surface area contributed by atoms with Crippen LogP contribution in [0.2, 0.25) is 5.02 Å². The molecule has 1 saturated carbocycles. The average Bonchev–Trinajstić information content (AvgIpc) is 2.78. The molecule has 1 fully saturated rings. The molecule has 1 aromatic rings. The Morgan fingerprint density at radius 2 is 2.15 bits per heavy atom. The molecular weight excluding hydrogens is 352 g/mol. The van der Waals surface area contributed by atoms with E-state index in [9.17, 15) is 9.59 Å². The second-order valence-corrected chi connectivity index (χ2v) is 8.08. The van der Waals surface area contributed by atoms with E-state index in [1.807, 2.05) is 0 Å². The zero-order chi connectivity index (χ0) is 18.7. The van der Waals surface area contributed by atoms with Gasteiger partial charge < -0.3 is 15.4 Å². The molecule has 26 heavy (non-hydrogen) atoms. The molecule has 0 bridgehead atoms. The van der Waals surface area contributed by atoms with E-state index in [2.05, 4.69) is 24.5 Å². The Labute approximate surface area is 159 Å². The van der Waals surface area contributed by atoms with Gasteiger partial charge in [-0.15, -0.1) is 0 Å². The first kappa shape index (κ1) is 19.0. The third-order valence-electron chi connectivity index (χ3n) is 5.67. The summed E-state index contributed by atoms with van der Waals surface area (Å²) in [7, 11) is 0. The fraction of sp³-hybridized carbons (Fsp3) is 0.600. The van der Waals surface area contributed by atoms with Gasteiger partial charge in [-0.05, 0) is 49.8 Å². The molecule has 5 nitrogen and oxygen atoms in total. The zero-order valence-corrected chi connectivity index (χ0v) is 16.2. The lowest BCUT2D eigenvalue weighted by molar-refractivity contribution is -0.127. The van der Waals surface area contributed by atoms with Gasteiger partial charge in [0.15, 0.2) is 0 Å². The van der Waals surface area contributed by atoms with E-state index in [0.29, 0.717) is 28.8 Å². The Morgan fingerprint density at radius 1 is 1.42 bits per heavy atom. The molecule has 142 valence electrons. The second kappa shape index (κ2) is 7.87. The van der Waals surface area contributed by atoms with E-state index < -0.39 is 5.60 Å². The van der Waals surface area contributed by atoms with Gasteiger partial charge in [-0.2, -0.15) is 0 Å². The molecule has 1 heterocycles. The molecule has 2 N–H and O–H groups in total. The minimum Gasteiger partial charge on any atom is -0.485 e. The number of nitrogens with one attached hydrogen (secondary N) is 2. The summed E-state index contributed by atoms with van der Waals surface area (Å²) >= 11 is 6.01. The van der Waals surface area contributed by atoms with Gasteiger partial charge in [0.25, 0.3) is 5.91 Å². The van der Waals surface area contributed by atoms with Crippen molar-refractivity contribution in [3.8, 4) is 5.75 Å². The van der Waals surface area contributed by atoms with E-state index in [4.69, 9.17) is 16.3 Å². The number of carbonyl (C=O) groups excluding carboxylic acids is 2. The second-order valence-electron chi connectivity index (χ2n) is 7.64. The van der Waals surface area contributed by atoms with Gasteiger partial charge in [0, 0.05) is 17.5 Å². The molecule has 0 aromatic heterocycles.